The van der Waals surface area contributed by atoms with Gasteiger partial charge in [-0.25, -0.2) is 4.79 Å². The molecule has 0 aromatic rings. The molecule has 0 bridgehead atoms. The van der Waals surface area contributed by atoms with Crippen LogP contribution >= 0.6 is 0 Å². The van der Waals surface area contributed by atoms with E-state index in [0.29, 0.717) is 13.2 Å². The van der Waals surface area contributed by atoms with Crippen molar-refractivity contribution in [3.05, 3.63) is 12.3 Å². The van der Waals surface area contributed by atoms with Gasteiger partial charge in [-0.3, -0.25) is 4.90 Å². The fourth-order valence-corrected chi connectivity index (χ4v) is 1.53. The van der Waals surface area contributed by atoms with Crippen molar-refractivity contribution in [2.45, 2.75) is 19.0 Å². The molecule has 0 aliphatic carbocycles. The molecule has 2 aliphatic rings. The summed E-state index contributed by atoms with van der Waals surface area (Å²) in [7, 11) is 0. The maximum atomic E-state index is 11.1. The highest BCUT2D eigenvalue weighted by atomic mass is 16.6. The molecule has 1 atom stereocenters. The van der Waals surface area contributed by atoms with Crippen molar-refractivity contribution in [2.75, 3.05) is 13.2 Å². The molecule has 4 heteroatoms. The third-order valence-electron chi connectivity index (χ3n) is 2.18. The monoisotopic (exact) mass is 168 g/mol. The molecule has 4 nitrogen and oxygen atoms in total. The van der Waals surface area contributed by atoms with Crippen molar-refractivity contribution in [3.63, 3.8) is 0 Å². The van der Waals surface area contributed by atoms with Gasteiger partial charge in [0.05, 0.1) is 6.54 Å². The fourth-order valence-electron chi connectivity index (χ4n) is 1.53. The van der Waals surface area contributed by atoms with E-state index in [1.807, 2.05) is 6.20 Å². The number of nitrogens with zero attached hydrogens (tertiary/aromatic N) is 1. The van der Waals surface area contributed by atoms with Gasteiger partial charge in [-0.05, 0) is 19.0 Å². The van der Waals surface area contributed by atoms with Crippen LogP contribution in [0.3, 0.4) is 0 Å². The molecular weight excluding hydrogens is 156 g/mol. The minimum atomic E-state index is -0.192. The zero-order valence-corrected chi connectivity index (χ0v) is 6.82. The SMILES string of the molecule is O=C1OCCN1C1CCC=CN1. The summed E-state index contributed by atoms with van der Waals surface area (Å²) in [5.74, 6) is 0. The van der Waals surface area contributed by atoms with E-state index < -0.39 is 0 Å². The standard InChI is InChI=1S/C8H12N2O2/c11-8-10(5-6-12-8)7-3-1-2-4-9-7/h2,4,7,9H,1,3,5-6H2. The van der Waals surface area contributed by atoms with E-state index in [2.05, 4.69) is 11.4 Å². The number of amides is 1. The van der Waals surface area contributed by atoms with Crippen LogP contribution in [0.4, 0.5) is 4.79 Å². The average Bonchev–Trinajstić information content (AvgIpc) is 2.53. The van der Waals surface area contributed by atoms with Crippen LogP contribution in [-0.4, -0.2) is 30.3 Å². The molecule has 1 fully saturated rings. The first kappa shape index (κ1) is 7.46. The van der Waals surface area contributed by atoms with Crippen LogP contribution in [0.1, 0.15) is 12.8 Å². The van der Waals surface area contributed by atoms with Crippen molar-refractivity contribution in [3.8, 4) is 0 Å². The lowest BCUT2D eigenvalue weighted by molar-refractivity contribution is 0.141. The topological polar surface area (TPSA) is 41.6 Å². The molecular formula is C8H12N2O2. The Kier molecular flexibility index (Phi) is 1.89. The molecule has 66 valence electrons. The third-order valence-corrected chi connectivity index (χ3v) is 2.18. The van der Waals surface area contributed by atoms with Gasteiger partial charge in [0.25, 0.3) is 0 Å². The first-order chi connectivity index (χ1) is 5.88. The molecule has 12 heavy (non-hydrogen) atoms. The van der Waals surface area contributed by atoms with Crippen LogP contribution in [0.2, 0.25) is 0 Å². The third kappa shape index (κ3) is 1.24. The van der Waals surface area contributed by atoms with Gasteiger partial charge in [0.15, 0.2) is 0 Å². The Morgan fingerprint density at radius 2 is 2.58 bits per heavy atom. The Labute approximate surface area is 71.2 Å². The van der Waals surface area contributed by atoms with Crippen LogP contribution in [0.25, 0.3) is 0 Å². The van der Waals surface area contributed by atoms with Gasteiger partial charge >= 0.3 is 6.09 Å². The van der Waals surface area contributed by atoms with Gasteiger partial charge in [0.1, 0.15) is 12.8 Å². The summed E-state index contributed by atoms with van der Waals surface area (Å²) in [5.41, 5.74) is 0. The van der Waals surface area contributed by atoms with Crippen LogP contribution in [0.15, 0.2) is 12.3 Å². The molecule has 0 saturated carbocycles. The number of hydrogen-bond donors (Lipinski definition) is 1. The minimum Gasteiger partial charge on any atom is -0.447 e. The van der Waals surface area contributed by atoms with Gasteiger partial charge < -0.3 is 10.1 Å². The zero-order chi connectivity index (χ0) is 8.39. The van der Waals surface area contributed by atoms with E-state index in [-0.39, 0.29) is 12.3 Å². The largest absolute Gasteiger partial charge is 0.447 e. The number of rotatable bonds is 1. The van der Waals surface area contributed by atoms with Crippen molar-refractivity contribution in [2.24, 2.45) is 0 Å². The van der Waals surface area contributed by atoms with Gasteiger partial charge in [-0.1, -0.05) is 6.08 Å². The molecule has 0 spiro atoms. The highest BCUT2D eigenvalue weighted by Gasteiger charge is 2.29. The van der Waals surface area contributed by atoms with Crippen molar-refractivity contribution < 1.29 is 9.53 Å². The predicted octanol–water partition coefficient (Wildman–Crippen LogP) is 0.662. The van der Waals surface area contributed by atoms with Crippen molar-refractivity contribution in [1.82, 2.24) is 10.2 Å². The summed E-state index contributed by atoms with van der Waals surface area (Å²) < 4.78 is 4.84. The van der Waals surface area contributed by atoms with Crippen LogP contribution in [-0.2, 0) is 4.74 Å². The molecule has 1 unspecified atom stereocenters. The van der Waals surface area contributed by atoms with Crippen LogP contribution < -0.4 is 5.32 Å². The maximum absolute atomic E-state index is 11.1. The predicted molar refractivity (Wildman–Crippen MR) is 43.4 cm³/mol. The lowest BCUT2D eigenvalue weighted by Gasteiger charge is -2.27. The van der Waals surface area contributed by atoms with Crippen LogP contribution in [0.5, 0.6) is 0 Å². The van der Waals surface area contributed by atoms with E-state index in [1.165, 1.54) is 0 Å². The zero-order valence-electron chi connectivity index (χ0n) is 6.82. The summed E-state index contributed by atoms with van der Waals surface area (Å²) >= 11 is 0. The Morgan fingerprint density at radius 1 is 1.67 bits per heavy atom. The van der Waals surface area contributed by atoms with Crippen molar-refractivity contribution >= 4 is 6.09 Å². The molecule has 1 amide bonds. The molecule has 0 aromatic carbocycles. The van der Waals surface area contributed by atoms with Gasteiger partial charge in [-0.15, -0.1) is 0 Å². The number of cyclic esters (lactones) is 1. The second-order valence-corrected chi connectivity index (χ2v) is 2.97. The fraction of sp³-hybridized carbons (Fsp3) is 0.625. The first-order valence-electron chi connectivity index (χ1n) is 4.22. The Bertz CT molecular complexity index is 215. The number of ether oxygens (including phenoxy) is 1. The minimum absolute atomic E-state index is 0.144. The molecule has 1 N–H and O–H groups in total. The second-order valence-electron chi connectivity index (χ2n) is 2.97. The Morgan fingerprint density at radius 3 is 3.17 bits per heavy atom. The van der Waals surface area contributed by atoms with E-state index in [9.17, 15) is 4.79 Å². The van der Waals surface area contributed by atoms with E-state index in [0.717, 1.165) is 12.8 Å². The normalized spacial score (nSPS) is 28.5. The number of allylic oxidation sites excluding steroid dienone is 1. The molecule has 0 aromatic heterocycles. The Hall–Kier alpha value is -1.19. The average molecular weight is 168 g/mol. The Balaban J connectivity index is 1.99. The summed E-state index contributed by atoms with van der Waals surface area (Å²) in [6.07, 6.45) is 5.93. The van der Waals surface area contributed by atoms with E-state index >= 15 is 0 Å². The second kappa shape index (κ2) is 3.05. The molecule has 2 rings (SSSR count). The van der Waals surface area contributed by atoms with Gasteiger partial charge in [0, 0.05) is 0 Å². The summed E-state index contributed by atoms with van der Waals surface area (Å²) in [6, 6.07) is 0. The van der Waals surface area contributed by atoms with Crippen molar-refractivity contribution in [1.29, 1.82) is 0 Å². The van der Waals surface area contributed by atoms with Gasteiger partial charge in [-0.2, -0.15) is 0 Å². The highest BCUT2D eigenvalue weighted by Crippen LogP contribution is 2.13. The molecule has 2 heterocycles. The summed E-state index contributed by atoms with van der Waals surface area (Å²) in [4.78, 5) is 12.9. The summed E-state index contributed by atoms with van der Waals surface area (Å²) in [6.45, 7) is 1.24. The van der Waals surface area contributed by atoms with E-state index in [4.69, 9.17) is 4.74 Å². The van der Waals surface area contributed by atoms with Crippen LogP contribution in [0, 0.1) is 0 Å². The number of carbonyl (C=O) groups is 1. The number of hydrogen-bond acceptors (Lipinski definition) is 3. The van der Waals surface area contributed by atoms with E-state index in [1.54, 1.807) is 4.90 Å². The molecule has 0 radical (unpaired) electrons. The number of carbonyl (C=O) groups excluding carboxylic acids is 1. The van der Waals surface area contributed by atoms with Gasteiger partial charge in [0.2, 0.25) is 0 Å². The molecule has 1 saturated heterocycles. The molecule has 2 aliphatic heterocycles. The lowest BCUT2D eigenvalue weighted by Crippen LogP contribution is -2.45. The highest BCUT2D eigenvalue weighted by molar-refractivity contribution is 5.69. The number of nitrogens with one attached hydrogen (secondary N) is 1. The quantitative estimate of drug-likeness (QED) is 0.625. The smallest absolute Gasteiger partial charge is 0.411 e. The summed E-state index contributed by atoms with van der Waals surface area (Å²) in [5, 5.41) is 3.14. The maximum Gasteiger partial charge on any atom is 0.411 e. The lowest BCUT2D eigenvalue weighted by atomic mass is 10.2. The first-order valence-corrected chi connectivity index (χ1v) is 4.22.